The Hall–Kier alpha value is 0.130. The van der Waals surface area contributed by atoms with E-state index in [1.54, 1.807) is 4.31 Å². The molecule has 0 radical (unpaired) electrons. The minimum absolute atomic E-state index is 0.307. The topological polar surface area (TPSA) is 40.5 Å². The van der Waals surface area contributed by atoms with Gasteiger partial charge >= 0.3 is 5.97 Å². The fourth-order valence-corrected chi connectivity index (χ4v) is 2.94. The molecule has 0 aromatic rings. The van der Waals surface area contributed by atoms with Gasteiger partial charge in [0.15, 0.2) is 0 Å². The molecule has 5 heteroatoms. The Morgan fingerprint density at radius 1 is 1.17 bits per heavy atom. The number of aliphatic carboxylic acids is 1. The predicted octanol–water partition coefficient (Wildman–Crippen LogP) is 3.66. The van der Waals surface area contributed by atoms with Gasteiger partial charge in [-0.2, -0.15) is 12.6 Å². The molecule has 3 nitrogen and oxygen atoms in total. The van der Waals surface area contributed by atoms with Crippen molar-refractivity contribution in [2.24, 2.45) is 0 Å². The molecule has 1 N–H and O–H groups in total. The molecule has 0 aliphatic carbocycles. The van der Waals surface area contributed by atoms with Crippen molar-refractivity contribution in [2.45, 2.75) is 64.3 Å². The average Bonchev–Trinajstić information content (AvgIpc) is 2.34. The molecular weight excluding hydrogens is 266 g/mol. The smallest absolute Gasteiger partial charge is 0.325 e. The van der Waals surface area contributed by atoms with Crippen molar-refractivity contribution < 1.29 is 9.90 Å². The largest absolute Gasteiger partial charge is 0.480 e. The molecular formula is C13H27NO2S2. The van der Waals surface area contributed by atoms with E-state index in [4.69, 9.17) is 0 Å². The van der Waals surface area contributed by atoms with Gasteiger partial charge in [0, 0.05) is 12.3 Å². The molecule has 1 unspecified atom stereocenters. The molecule has 0 aromatic carbocycles. The second-order valence-electron chi connectivity index (χ2n) is 4.78. The van der Waals surface area contributed by atoms with Gasteiger partial charge in [-0.3, -0.25) is 4.79 Å². The molecule has 1 atom stereocenters. The lowest BCUT2D eigenvalue weighted by atomic mass is 9.93. The summed E-state index contributed by atoms with van der Waals surface area (Å²) in [6, 6.07) is 0. The maximum absolute atomic E-state index is 11.6. The normalized spacial score (nSPS) is 14.7. The Bertz CT molecular complexity index is 239. The van der Waals surface area contributed by atoms with Crippen LogP contribution in [0.1, 0.15) is 58.8 Å². The van der Waals surface area contributed by atoms with Gasteiger partial charge in [-0.05, 0) is 12.8 Å². The first-order valence-corrected chi connectivity index (χ1v) is 7.89. The van der Waals surface area contributed by atoms with Gasteiger partial charge in [-0.1, -0.05) is 58.8 Å². The van der Waals surface area contributed by atoms with Crippen LogP contribution in [0.15, 0.2) is 0 Å². The minimum Gasteiger partial charge on any atom is -0.480 e. The van der Waals surface area contributed by atoms with Crippen LogP contribution in [-0.4, -0.2) is 33.2 Å². The van der Waals surface area contributed by atoms with Crippen molar-refractivity contribution in [1.82, 2.24) is 4.31 Å². The van der Waals surface area contributed by atoms with E-state index in [2.05, 4.69) is 39.3 Å². The zero-order valence-corrected chi connectivity index (χ0v) is 13.3. The van der Waals surface area contributed by atoms with Crippen LogP contribution >= 0.6 is 25.4 Å². The highest BCUT2D eigenvalue weighted by atomic mass is 32.1. The molecule has 0 aliphatic heterocycles. The van der Waals surface area contributed by atoms with E-state index in [1.807, 2.05) is 0 Å². The number of thiol groups is 2. The van der Waals surface area contributed by atoms with Crippen LogP contribution in [0.2, 0.25) is 0 Å². The molecule has 0 spiro atoms. The molecule has 18 heavy (non-hydrogen) atoms. The van der Waals surface area contributed by atoms with E-state index >= 15 is 0 Å². The summed E-state index contributed by atoms with van der Waals surface area (Å²) < 4.78 is 1.69. The minimum atomic E-state index is -0.921. The third-order valence-electron chi connectivity index (χ3n) is 3.32. The number of carbonyl (C=O) groups is 1. The molecule has 0 fully saturated rings. The first-order valence-electron chi connectivity index (χ1n) is 6.86. The van der Waals surface area contributed by atoms with Gasteiger partial charge in [0.25, 0.3) is 0 Å². The molecule has 0 aromatic heterocycles. The monoisotopic (exact) mass is 293 g/mol. The highest BCUT2D eigenvalue weighted by Crippen LogP contribution is 2.27. The number of hydrogen-bond acceptors (Lipinski definition) is 4. The third kappa shape index (κ3) is 5.41. The summed E-state index contributed by atoms with van der Waals surface area (Å²) in [6.45, 7) is 4.95. The quantitative estimate of drug-likeness (QED) is 0.402. The highest BCUT2D eigenvalue weighted by Gasteiger charge is 2.41. The van der Waals surface area contributed by atoms with E-state index < -0.39 is 11.5 Å². The molecule has 0 heterocycles. The zero-order chi connectivity index (χ0) is 14.0. The Kier molecular flexibility index (Phi) is 10.1. The second-order valence-corrected chi connectivity index (χ2v) is 5.58. The fraction of sp³-hybridized carbons (Fsp3) is 0.923. The predicted molar refractivity (Wildman–Crippen MR) is 83.6 cm³/mol. The lowest BCUT2D eigenvalue weighted by Crippen LogP contribution is -2.52. The summed E-state index contributed by atoms with van der Waals surface area (Å²) in [5.74, 6) is -0.498. The molecule has 0 aliphatic rings. The Morgan fingerprint density at radius 3 is 2.17 bits per heavy atom. The standard InChI is InChI=1S/C13H27NO2S2/c1-3-5-7-9-13(11-17,12(15)16)14(18)10-8-6-4-2/h17-18H,3-11H2,1-2H3,(H,15,16). The van der Waals surface area contributed by atoms with Gasteiger partial charge in [0.2, 0.25) is 0 Å². The van der Waals surface area contributed by atoms with E-state index in [1.165, 1.54) is 0 Å². The third-order valence-corrected chi connectivity index (χ3v) is 4.43. The number of carboxylic acid groups (broad SMARTS) is 1. The summed E-state index contributed by atoms with van der Waals surface area (Å²) in [6.07, 6.45) is 6.89. The molecule has 0 rings (SSSR count). The number of unbranched alkanes of at least 4 members (excludes halogenated alkanes) is 4. The Labute approximate surface area is 122 Å². The van der Waals surface area contributed by atoms with Crippen LogP contribution < -0.4 is 0 Å². The first kappa shape index (κ1) is 18.1. The van der Waals surface area contributed by atoms with Crippen molar-refractivity contribution in [1.29, 1.82) is 0 Å². The van der Waals surface area contributed by atoms with Crippen molar-refractivity contribution >= 4 is 31.4 Å². The summed E-state index contributed by atoms with van der Waals surface area (Å²) in [5, 5.41) is 9.51. The van der Waals surface area contributed by atoms with E-state index in [9.17, 15) is 9.90 Å². The maximum atomic E-state index is 11.6. The van der Waals surface area contributed by atoms with Crippen molar-refractivity contribution in [3.05, 3.63) is 0 Å². The molecule has 108 valence electrons. The number of hydrogen-bond donors (Lipinski definition) is 3. The van der Waals surface area contributed by atoms with Crippen LogP contribution in [-0.2, 0) is 4.79 Å². The van der Waals surface area contributed by atoms with Gasteiger partial charge in [-0.25, -0.2) is 4.31 Å². The van der Waals surface area contributed by atoms with Crippen molar-refractivity contribution in [3.8, 4) is 0 Å². The van der Waals surface area contributed by atoms with Crippen LogP contribution in [0.4, 0.5) is 0 Å². The maximum Gasteiger partial charge on any atom is 0.325 e. The summed E-state index contributed by atoms with van der Waals surface area (Å²) in [5.41, 5.74) is -0.921. The molecule has 0 saturated carbocycles. The van der Waals surface area contributed by atoms with Gasteiger partial charge in [-0.15, -0.1) is 0 Å². The van der Waals surface area contributed by atoms with Crippen molar-refractivity contribution in [2.75, 3.05) is 12.3 Å². The Balaban J connectivity index is 4.56. The molecule has 0 bridgehead atoms. The van der Waals surface area contributed by atoms with Crippen LogP contribution in [0, 0.1) is 0 Å². The number of carboxylic acids is 1. The highest BCUT2D eigenvalue weighted by molar-refractivity contribution is 7.80. The summed E-state index contributed by atoms with van der Waals surface area (Å²) in [4.78, 5) is 11.6. The van der Waals surface area contributed by atoms with Gasteiger partial charge in [0.05, 0.1) is 0 Å². The number of nitrogens with zero attached hydrogens (tertiary/aromatic N) is 1. The van der Waals surface area contributed by atoms with E-state index in [0.29, 0.717) is 18.7 Å². The zero-order valence-electron chi connectivity index (χ0n) is 11.6. The molecule has 0 saturated heterocycles. The SMILES string of the molecule is CCCCCN(S)C(CS)(CCCCC)C(=O)O. The van der Waals surface area contributed by atoms with E-state index in [0.717, 1.165) is 38.5 Å². The van der Waals surface area contributed by atoms with Crippen LogP contribution in [0.25, 0.3) is 0 Å². The lowest BCUT2D eigenvalue weighted by molar-refractivity contribution is -0.147. The van der Waals surface area contributed by atoms with Crippen molar-refractivity contribution in [3.63, 3.8) is 0 Å². The Morgan fingerprint density at radius 2 is 1.72 bits per heavy atom. The van der Waals surface area contributed by atoms with Gasteiger partial charge in [0.1, 0.15) is 5.54 Å². The first-order chi connectivity index (χ1) is 8.55. The van der Waals surface area contributed by atoms with Gasteiger partial charge < -0.3 is 5.11 Å². The van der Waals surface area contributed by atoms with E-state index in [-0.39, 0.29) is 0 Å². The van der Waals surface area contributed by atoms with Crippen LogP contribution in [0.3, 0.4) is 0 Å². The second kappa shape index (κ2) is 9.98. The summed E-state index contributed by atoms with van der Waals surface area (Å²) in [7, 11) is 0. The average molecular weight is 293 g/mol. The molecule has 0 amide bonds. The number of rotatable bonds is 11. The summed E-state index contributed by atoms with van der Waals surface area (Å²) >= 11 is 8.66. The lowest BCUT2D eigenvalue weighted by Gasteiger charge is -2.36. The fourth-order valence-electron chi connectivity index (χ4n) is 1.97. The van der Waals surface area contributed by atoms with Crippen LogP contribution in [0.5, 0.6) is 0 Å².